The second-order valence-corrected chi connectivity index (χ2v) is 12.8. The molecule has 1 aliphatic carbocycles. The lowest BCUT2D eigenvalue weighted by Crippen LogP contribution is -2.44. The number of aryl methyl sites for hydroxylation is 1. The number of carboxylic acid groups (broad SMARTS) is 1. The number of ether oxygens (including phenoxy) is 2. The van der Waals surface area contributed by atoms with Gasteiger partial charge in [-0.05, 0) is 92.3 Å². The molecule has 2 aliphatic rings. The van der Waals surface area contributed by atoms with E-state index in [2.05, 4.69) is 49.1 Å². The summed E-state index contributed by atoms with van der Waals surface area (Å²) in [5, 5.41) is 18.1. The first-order chi connectivity index (χ1) is 22.5. The summed E-state index contributed by atoms with van der Waals surface area (Å²) in [5.74, 6) is 2.04. The summed E-state index contributed by atoms with van der Waals surface area (Å²) in [4.78, 5) is 24.4. The number of hydrogen-bond acceptors (Lipinski definition) is 6. The van der Waals surface area contributed by atoms with Gasteiger partial charge in [0, 0.05) is 51.2 Å². The number of hydrogen-bond donors (Lipinski definition) is 2. The predicted octanol–water partition coefficient (Wildman–Crippen LogP) is 7.91. The van der Waals surface area contributed by atoms with E-state index in [1.165, 1.54) is 11.1 Å². The van der Waals surface area contributed by atoms with Gasteiger partial charge < -0.3 is 29.5 Å². The molecule has 0 bridgehead atoms. The number of amides is 1. The molecule has 2 aromatic carbocycles. The molecule has 4 rings (SSSR count). The van der Waals surface area contributed by atoms with Crippen LogP contribution < -0.4 is 9.64 Å². The van der Waals surface area contributed by atoms with Gasteiger partial charge in [-0.15, -0.1) is 0 Å². The summed E-state index contributed by atoms with van der Waals surface area (Å²) >= 11 is 6.41. The zero-order valence-electron chi connectivity index (χ0n) is 29.6. The summed E-state index contributed by atoms with van der Waals surface area (Å²) in [6, 6.07) is 12.5. The van der Waals surface area contributed by atoms with Gasteiger partial charge in [-0.1, -0.05) is 63.1 Å². The standard InChI is InChI=1S/C35H49ClN2O4.C2H6.CH2O2/c1-7-9-27-18-30(36)14-16-31(27)29-21-38(33-19-26(24(3)39)13-17-35(33)42-22-29)20-28-12-15-32(28)34(41-6)11-8-10-23(2)37(5)25(4)40;1-2;2-1-3/h8,11,13-14,16-19,23-24,28-29,32,34,39H,7,9-10,12,15,20-22H2,1-6H3;1-2H3;1H,(H,2,3)/b11-8+;;. The van der Waals surface area contributed by atoms with E-state index in [4.69, 9.17) is 31.0 Å². The highest BCUT2D eigenvalue weighted by Crippen LogP contribution is 2.43. The van der Waals surface area contributed by atoms with E-state index in [0.717, 1.165) is 67.2 Å². The third kappa shape index (κ3) is 11.3. The molecule has 262 valence electrons. The Morgan fingerprint density at radius 1 is 1.19 bits per heavy atom. The highest BCUT2D eigenvalue weighted by molar-refractivity contribution is 6.30. The van der Waals surface area contributed by atoms with Gasteiger partial charge in [0.05, 0.1) is 24.5 Å². The van der Waals surface area contributed by atoms with Crippen molar-refractivity contribution in [3.8, 4) is 5.75 Å². The Bertz CT molecular complexity index is 1280. The third-order valence-corrected chi connectivity index (χ3v) is 9.57. The minimum Gasteiger partial charge on any atom is -0.491 e. The van der Waals surface area contributed by atoms with Crippen molar-refractivity contribution in [1.29, 1.82) is 0 Å². The van der Waals surface area contributed by atoms with Gasteiger partial charge >= 0.3 is 0 Å². The zero-order valence-corrected chi connectivity index (χ0v) is 30.4. The van der Waals surface area contributed by atoms with E-state index in [0.29, 0.717) is 18.4 Å². The van der Waals surface area contributed by atoms with E-state index in [1.54, 1.807) is 18.9 Å². The van der Waals surface area contributed by atoms with Crippen LogP contribution in [-0.4, -0.2) is 73.5 Å². The number of rotatable bonds is 12. The number of methoxy groups -OCH3 is 1. The van der Waals surface area contributed by atoms with Gasteiger partial charge in [-0.3, -0.25) is 9.59 Å². The van der Waals surface area contributed by atoms with E-state index in [1.807, 2.05) is 46.0 Å². The smallest absolute Gasteiger partial charge is 0.290 e. The second-order valence-electron chi connectivity index (χ2n) is 12.4. The van der Waals surface area contributed by atoms with E-state index >= 15 is 0 Å². The van der Waals surface area contributed by atoms with Crippen molar-refractivity contribution in [2.45, 2.75) is 97.8 Å². The molecule has 6 unspecified atom stereocenters. The van der Waals surface area contributed by atoms with Gasteiger partial charge in [0.25, 0.3) is 6.47 Å². The Labute approximate surface area is 287 Å². The van der Waals surface area contributed by atoms with Crippen molar-refractivity contribution in [1.82, 2.24) is 4.90 Å². The monoisotopic (exact) mass is 672 g/mol. The first-order valence-electron chi connectivity index (χ1n) is 17.0. The molecule has 0 saturated heterocycles. The Kier molecular flexibility index (Phi) is 17.3. The molecule has 1 heterocycles. The normalized spacial score (nSPS) is 20.5. The van der Waals surface area contributed by atoms with E-state index in [9.17, 15) is 9.90 Å². The highest BCUT2D eigenvalue weighted by atomic mass is 35.5. The molecule has 0 spiro atoms. The number of carbonyl (C=O) groups excluding carboxylic acids is 1. The molecule has 6 atom stereocenters. The molecular formula is C38H57ClN2O6. The third-order valence-electron chi connectivity index (χ3n) is 9.34. The Morgan fingerprint density at radius 3 is 2.47 bits per heavy atom. The Hall–Kier alpha value is -3.07. The fraction of sp³-hybridized carbons (Fsp3) is 0.579. The van der Waals surface area contributed by atoms with Crippen LogP contribution in [-0.2, 0) is 20.7 Å². The highest BCUT2D eigenvalue weighted by Gasteiger charge is 2.38. The number of fused-ring (bicyclic) bond motifs is 1. The summed E-state index contributed by atoms with van der Waals surface area (Å²) in [6.07, 6.45) is 8.97. The average Bonchev–Trinajstić information content (AvgIpc) is 3.22. The Balaban J connectivity index is 0.00000145. The Morgan fingerprint density at radius 2 is 1.89 bits per heavy atom. The molecule has 8 nitrogen and oxygen atoms in total. The van der Waals surface area contributed by atoms with E-state index in [-0.39, 0.29) is 30.4 Å². The topological polar surface area (TPSA) is 99.5 Å². The molecule has 2 aromatic rings. The maximum Gasteiger partial charge on any atom is 0.290 e. The van der Waals surface area contributed by atoms with Gasteiger partial charge in [-0.2, -0.15) is 0 Å². The molecule has 1 saturated carbocycles. The number of benzene rings is 2. The average molecular weight is 673 g/mol. The number of anilines is 1. The number of carbonyl (C=O) groups is 2. The van der Waals surface area contributed by atoms with Crippen LogP contribution in [0.5, 0.6) is 5.75 Å². The molecule has 1 fully saturated rings. The van der Waals surface area contributed by atoms with Crippen molar-refractivity contribution in [2.24, 2.45) is 11.8 Å². The van der Waals surface area contributed by atoms with Crippen LogP contribution in [0.1, 0.15) is 95.9 Å². The fourth-order valence-electron chi connectivity index (χ4n) is 6.40. The van der Waals surface area contributed by atoms with Crippen LogP contribution in [0.15, 0.2) is 48.6 Å². The molecule has 1 aliphatic heterocycles. The molecule has 0 radical (unpaired) electrons. The predicted molar refractivity (Wildman–Crippen MR) is 192 cm³/mol. The molecule has 9 heteroatoms. The lowest BCUT2D eigenvalue weighted by atomic mass is 9.70. The van der Waals surface area contributed by atoms with Crippen LogP contribution in [0.25, 0.3) is 0 Å². The van der Waals surface area contributed by atoms with Gasteiger partial charge in [0.2, 0.25) is 5.91 Å². The van der Waals surface area contributed by atoms with Crippen LogP contribution >= 0.6 is 11.6 Å². The molecule has 0 aromatic heterocycles. The van der Waals surface area contributed by atoms with Gasteiger partial charge in [0.15, 0.2) is 0 Å². The number of aliphatic hydroxyl groups excluding tert-OH is 1. The quantitative estimate of drug-likeness (QED) is 0.175. The maximum atomic E-state index is 11.7. The van der Waals surface area contributed by atoms with E-state index < -0.39 is 6.10 Å². The van der Waals surface area contributed by atoms with Gasteiger partial charge in [0.1, 0.15) is 5.75 Å². The molecule has 47 heavy (non-hydrogen) atoms. The van der Waals surface area contributed by atoms with Crippen molar-refractivity contribution in [3.05, 3.63) is 70.3 Å². The summed E-state index contributed by atoms with van der Waals surface area (Å²) < 4.78 is 12.5. The first kappa shape index (κ1) is 40.1. The molecule has 2 N–H and O–H groups in total. The largest absolute Gasteiger partial charge is 0.491 e. The number of halogens is 1. The number of nitrogens with zero attached hydrogens (tertiary/aromatic N) is 2. The fourth-order valence-corrected chi connectivity index (χ4v) is 6.60. The number of aliphatic hydroxyl groups is 1. The van der Waals surface area contributed by atoms with Crippen molar-refractivity contribution in [3.63, 3.8) is 0 Å². The van der Waals surface area contributed by atoms with Crippen LogP contribution in [0.2, 0.25) is 5.02 Å². The summed E-state index contributed by atoms with van der Waals surface area (Å²) in [7, 11) is 3.65. The van der Waals surface area contributed by atoms with Crippen LogP contribution in [0.4, 0.5) is 5.69 Å². The van der Waals surface area contributed by atoms with Crippen molar-refractivity contribution in [2.75, 3.05) is 38.8 Å². The first-order valence-corrected chi connectivity index (χ1v) is 17.4. The molecule has 1 amide bonds. The SMILES string of the molecule is CC.CCCc1cc(Cl)ccc1C1COc2ccc(C(C)O)cc2N(CC2CCC2C(/C=C/CC(C)N(C)C(C)=O)OC)C1.O=CO. The lowest BCUT2D eigenvalue weighted by Gasteiger charge is -2.43. The lowest BCUT2D eigenvalue weighted by molar-refractivity contribution is -0.129. The minimum atomic E-state index is -0.549. The van der Waals surface area contributed by atoms with Crippen molar-refractivity contribution < 1.29 is 29.3 Å². The molecular weight excluding hydrogens is 616 g/mol. The summed E-state index contributed by atoms with van der Waals surface area (Å²) in [5.41, 5.74) is 4.55. The summed E-state index contributed by atoms with van der Waals surface area (Å²) in [6.45, 7) is 13.8. The maximum absolute atomic E-state index is 11.7. The van der Waals surface area contributed by atoms with Gasteiger partial charge in [-0.25, -0.2) is 0 Å². The van der Waals surface area contributed by atoms with Crippen molar-refractivity contribution >= 4 is 29.7 Å². The van der Waals surface area contributed by atoms with Crippen LogP contribution in [0.3, 0.4) is 0 Å². The second kappa shape index (κ2) is 20.3. The minimum absolute atomic E-state index is 0.0355. The zero-order chi connectivity index (χ0) is 35.1. The van der Waals surface area contributed by atoms with Crippen LogP contribution in [0, 0.1) is 11.8 Å².